The largest absolute Gasteiger partial charge is 0.497 e. The minimum atomic E-state index is 0.162. The van der Waals surface area contributed by atoms with Crippen LogP contribution in [0.4, 0.5) is 0 Å². The number of benzene rings is 3. The maximum atomic E-state index is 5.83. The second-order valence-electron chi connectivity index (χ2n) is 8.27. The van der Waals surface area contributed by atoms with Gasteiger partial charge in [0.05, 0.1) is 20.3 Å². The van der Waals surface area contributed by atoms with E-state index in [-0.39, 0.29) is 18.1 Å². The Morgan fingerprint density at radius 3 is 1.97 bits per heavy atom. The number of hydrogen-bond acceptors (Lipinski definition) is 4. The van der Waals surface area contributed by atoms with Crippen LogP contribution in [0.2, 0.25) is 0 Å². The molecule has 0 amide bonds. The zero-order chi connectivity index (χ0) is 22.9. The number of para-hydroxylation sites is 1. The van der Waals surface area contributed by atoms with Crippen LogP contribution in [0, 0.1) is 0 Å². The Hall–Kier alpha value is -2.98. The molecule has 2 atom stereocenters. The Morgan fingerprint density at radius 2 is 1.34 bits per heavy atom. The molecule has 3 rings (SSSR count). The fourth-order valence-electron chi connectivity index (χ4n) is 3.96. The lowest BCUT2D eigenvalue weighted by Gasteiger charge is -2.23. The first-order chi connectivity index (χ1) is 15.5. The normalized spacial score (nSPS) is 12.9. The highest BCUT2D eigenvalue weighted by Crippen LogP contribution is 2.35. The second kappa shape index (κ2) is 11.6. The van der Waals surface area contributed by atoms with Crippen LogP contribution in [0.5, 0.6) is 17.2 Å². The summed E-state index contributed by atoms with van der Waals surface area (Å²) in [6.45, 7) is 7.15. The standard InChI is InChI=1S/C28H35NO3/c1-20(2)32-25-16-12-23(13-17-25)26(27-8-6-7-9-28(27)31-5)18-19-29-21(3)22-10-14-24(30-4)15-11-22/h6-17,20-21,26,29H,18-19H2,1-5H3/t21-,26-/m1/s1. The highest BCUT2D eigenvalue weighted by atomic mass is 16.5. The van der Waals surface area contributed by atoms with Gasteiger partial charge in [-0.1, -0.05) is 42.5 Å². The lowest BCUT2D eigenvalue weighted by atomic mass is 9.87. The fourth-order valence-corrected chi connectivity index (χ4v) is 3.96. The molecule has 0 aromatic heterocycles. The molecule has 0 bridgehead atoms. The van der Waals surface area contributed by atoms with Gasteiger partial charge in [-0.05, 0) is 75.2 Å². The molecular weight excluding hydrogens is 398 g/mol. The first-order valence-corrected chi connectivity index (χ1v) is 11.3. The van der Waals surface area contributed by atoms with Gasteiger partial charge in [-0.15, -0.1) is 0 Å². The van der Waals surface area contributed by atoms with Gasteiger partial charge in [-0.3, -0.25) is 0 Å². The Bertz CT molecular complexity index is 951. The van der Waals surface area contributed by atoms with Crippen molar-refractivity contribution >= 4 is 0 Å². The molecule has 0 aliphatic rings. The molecule has 1 N–H and O–H groups in total. The fraction of sp³-hybridized carbons (Fsp3) is 0.357. The van der Waals surface area contributed by atoms with Crippen molar-refractivity contribution in [3.8, 4) is 17.2 Å². The van der Waals surface area contributed by atoms with E-state index < -0.39 is 0 Å². The third-order valence-corrected chi connectivity index (χ3v) is 5.67. The summed E-state index contributed by atoms with van der Waals surface area (Å²) in [5, 5.41) is 3.68. The second-order valence-corrected chi connectivity index (χ2v) is 8.27. The van der Waals surface area contributed by atoms with Crippen molar-refractivity contribution in [3.05, 3.63) is 89.5 Å². The molecule has 0 fully saturated rings. The van der Waals surface area contributed by atoms with Crippen LogP contribution in [0.1, 0.15) is 55.8 Å². The van der Waals surface area contributed by atoms with Crippen LogP contribution in [0.15, 0.2) is 72.8 Å². The molecule has 4 heteroatoms. The quantitative estimate of drug-likeness (QED) is 0.382. The minimum Gasteiger partial charge on any atom is -0.497 e. The topological polar surface area (TPSA) is 39.7 Å². The molecule has 0 aliphatic heterocycles. The van der Waals surface area contributed by atoms with E-state index in [2.05, 4.69) is 60.8 Å². The SMILES string of the molecule is COc1ccc([C@@H](C)NCC[C@H](c2ccc(OC(C)C)cc2)c2ccccc2OC)cc1. The monoisotopic (exact) mass is 433 g/mol. The first kappa shape index (κ1) is 23.7. The Kier molecular flexibility index (Phi) is 8.57. The average Bonchev–Trinajstić information content (AvgIpc) is 2.82. The molecule has 170 valence electrons. The van der Waals surface area contributed by atoms with Crippen molar-refractivity contribution in [2.24, 2.45) is 0 Å². The summed E-state index contributed by atoms with van der Waals surface area (Å²) in [6, 6.07) is 25.2. The summed E-state index contributed by atoms with van der Waals surface area (Å²) < 4.78 is 16.8. The van der Waals surface area contributed by atoms with Crippen LogP contribution < -0.4 is 19.5 Å². The molecule has 0 saturated heterocycles. The van der Waals surface area contributed by atoms with E-state index >= 15 is 0 Å². The average molecular weight is 434 g/mol. The summed E-state index contributed by atoms with van der Waals surface area (Å²) >= 11 is 0. The molecular formula is C28H35NO3. The third kappa shape index (κ3) is 6.27. The molecule has 3 aromatic rings. The maximum Gasteiger partial charge on any atom is 0.122 e. The Morgan fingerprint density at radius 1 is 0.719 bits per heavy atom. The van der Waals surface area contributed by atoms with Gasteiger partial charge in [0.1, 0.15) is 17.2 Å². The molecule has 0 heterocycles. The van der Waals surface area contributed by atoms with Crippen LogP contribution in [0.3, 0.4) is 0 Å². The van der Waals surface area contributed by atoms with Gasteiger partial charge >= 0.3 is 0 Å². The van der Waals surface area contributed by atoms with E-state index in [0.29, 0.717) is 0 Å². The maximum absolute atomic E-state index is 5.83. The van der Waals surface area contributed by atoms with Gasteiger partial charge in [0.25, 0.3) is 0 Å². The predicted molar refractivity (Wildman–Crippen MR) is 131 cm³/mol. The number of hydrogen-bond donors (Lipinski definition) is 1. The smallest absolute Gasteiger partial charge is 0.122 e. The van der Waals surface area contributed by atoms with Gasteiger partial charge in [-0.2, -0.15) is 0 Å². The van der Waals surface area contributed by atoms with Crippen molar-refractivity contribution in [2.45, 2.75) is 45.3 Å². The van der Waals surface area contributed by atoms with Gasteiger partial charge < -0.3 is 19.5 Å². The van der Waals surface area contributed by atoms with Crippen molar-refractivity contribution < 1.29 is 14.2 Å². The molecule has 0 unspecified atom stereocenters. The van der Waals surface area contributed by atoms with Gasteiger partial charge in [0, 0.05) is 17.5 Å². The number of nitrogens with one attached hydrogen (secondary N) is 1. The molecule has 4 nitrogen and oxygen atoms in total. The summed E-state index contributed by atoms with van der Waals surface area (Å²) in [5.41, 5.74) is 3.70. The van der Waals surface area contributed by atoms with E-state index in [9.17, 15) is 0 Å². The Labute approximate surface area is 192 Å². The van der Waals surface area contributed by atoms with E-state index in [1.807, 2.05) is 38.1 Å². The summed E-state index contributed by atoms with van der Waals surface area (Å²) in [6.07, 6.45) is 1.11. The zero-order valence-corrected chi connectivity index (χ0v) is 19.8. The minimum absolute atomic E-state index is 0.162. The van der Waals surface area contributed by atoms with Crippen molar-refractivity contribution in [3.63, 3.8) is 0 Å². The lowest BCUT2D eigenvalue weighted by molar-refractivity contribution is 0.242. The lowest BCUT2D eigenvalue weighted by Crippen LogP contribution is -2.22. The van der Waals surface area contributed by atoms with Crippen molar-refractivity contribution in [1.82, 2.24) is 5.32 Å². The molecule has 0 radical (unpaired) electrons. The number of ether oxygens (including phenoxy) is 3. The molecule has 0 saturated carbocycles. The molecule has 0 spiro atoms. The van der Waals surface area contributed by atoms with Crippen LogP contribution in [-0.2, 0) is 0 Å². The number of rotatable bonds is 11. The number of methoxy groups -OCH3 is 2. The van der Waals surface area contributed by atoms with Gasteiger partial charge in [0.2, 0.25) is 0 Å². The van der Waals surface area contributed by atoms with Gasteiger partial charge in [-0.25, -0.2) is 0 Å². The summed E-state index contributed by atoms with van der Waals surface area (Å²) in [7, 11) is 3.43. The van der Waals surface area contributed by atoms with E-state index in [1.165, 1.54) is 16.7 Å². The molecule has 3 aromatic carbocycles. The Balaban J connectivity index is 1.75. The summed E-state index contributed by atoms with van der Waals surface area (Å²) in [5.74, 6) is 2.91. The van der Waals surface area contributed by atoms with Gasteiger partial charge in [0.15, 0.2) is 0 Å². The third-order valence-electron chi connectivity index (χ3n) is 5.67. The highest BCUT2D eigenvalue weighted by molar-refractivity contribution is 5.43. The molecule has 32 heavy (non-hydrogen) atoms. The first-order valence-electron chi connectivity index (χ1n) is 11.3. The summed E-state index contributed by atoms with van der Waals surface area (Å²) in [4.78, 5) is 0. The van der Waals surface area contributed by atoms with Crippen molar-refractivity contribution in [2.75, 3.05) is 20.8 Å². The zero-order valence-electron chi connectivity index (χ0n) is 19.8. The van der Waals surface area contributed by atoms with Crippen molar-refractivity contribution in [1.29, 1.82) is 0 Å². The highest BCUT2D eigenvalue weighted by Gasteiger charge is 2.19. The van der Waals surface area contributed by atoms with Crippen LogP contribution >= 0.6 is 0 Å². The van der Waals surface area contributed by atoms with Crippen LogP contribution in [0.25, 0.3) is 0 Å². The predicted octanol–water partition coefficient (Wildman–Crippen LogP) is 6.36. The van der Waals surface area contributed by atoms with Crippen LogP contribution in [-0.4, -0.2) is 26.9 Å². The molecule has 0 aliphatic carbocycles. The van der Waals surface area contributed by atoms with E-state index in [1.54, 1.807) is 14.2 Å². The van der Waals surface area contributed by atoms with E-state index in [4.69, 9.17) is 14.2 Å². The van der Waals surface area contributed by atoms with E-state index in [0.717, 1.165) is 30.2 Å².